The van der Waals surface area contributed by atoms with Crippen molar-refractivity contribution in [1.29, 1.82) is 0 Å². The Kier molecular flexibility index (Phi) is 5.34. The summed E-state index contributed by atoms with van der Waals surface area (Å²) in [6.45, 7) is 9.00. The zero-order valence-electron chi connectivity index (χ0n) is 11.7. The molecule has 0 aliphatic rings. The molecular formula is C13H24N4O. The molecule has 0 amide bonds. The normalized spacial score (nSPS) is 14.1. The maximum Gasteiger partial charge on any atom is 0.224 e. The summed E-state index contributed by atoms with van der Waals surface area (Å²) in [5.74, 6) is 1.41. The van der Waals surface area contributed by atoms with Crippen molar-refractivity contribution in [2.45, 2.75) is 46.1 Å². The van der Waals surface area contributed by atoms with Crippen molar-refractivity contribution >= 4 is 11.8 Å². The lowest BCUT2D eigenvalue weighted by Crippen LogP contribution is -2.38. The Balaban J connectivity index is 2.86. The first-order valence-electron chi connectivity index (χ1n) is 6.51. The average Bonchev–Trinajstić information content (AvgIpc) is 2.39. The van der Waals surface area contributed by atoms with Gasteiger partial charge in [-0.25, -0.2) is 4.98 Å². The first-order chi connectivity index (χ1) is 8.54. The number of aliphatic hydroxyl groups excluding tert-OH is 1. The van der Waals surface area contributed by atoms with Gasteiger partial charge in [-0.2, -0.15) is 4.98 Å². The van der Waals surface area contributed by atoms with E-state index in [0.29, 0.717) is 5.95 Å². The van der Waals surface area contributed by atoms with Crippen molar-refractivity contribution in [1.82, 2.24) is 9.97 Å². The lowest BCUT2D eigenvalue weighted by molar-refractivity contribution is 0.218. The number of hydrogen-bond donors (Lipinski definition) is 3. The minimum absolute atomic E-state index is 0.0741. The smallest absolute Gasteiger partial charge is 0.224 e. The molecule has 1 unspecified atom stereocenters. The highest BCUT2D eigenvalue weighted by molar-refractivity contribution is 5.48. The van der Waals surface area contributed by atoms with E-state index in [4.69, 9.17) is 0 Å². The van der Waals surface area contributed by atoms with E-state index in [1.54, 1.807) is 6.20 Å². The van der Waals surface area contributed by atoms with Gasteiger partial charge in [0, 0.05) is 18.3 Å². The first kappa shape index (κ1) is 14.7. The minimum Gasteiger partial charge on any atom is -0.394 e. The largest absolute Gasteiger partial charge is 0.394 e. The number of nitrogens with one attached hydrogen (secondary N) is 2. The molecule has 5 nitrogen and oxygen atoms in total. The van der Waals surface area contributed by atoms with E-state index >= 15 is 0 Å². The van der Waals surface area contributed by atoms with Crippen LogP contribution in [0.3, 0.4) is 0 Å². The molecule has 0 bridgehead atoms. The number of rotatable bonds is 7. The van der Waals surface area contributed by atoms with Crippen LogP contribution < -0.4 is 10.6 Å². The molecule has 102 valence electrons. The second kappa shape index (κ2) is 6.54. The van der Waals surface area contributed by atoms with E-state index in [1.807, 2.05) is 20.8 Å². The molecule has 1 aromatic heterocycles. The van der Waals surface area contributed by atoms with Crippen LogP contribution >= 0.6 is 0 Å². The fourth-order valence-electron chi connectivity index (χ4n) is 1.42. The van der Waals surface area contributed by atoms with Crippen molar-refractivity contribution in [2.75, 3.05) is 23.8 Å². The number of aromatic nitrogens is 2. The highest BCUT2D eigenvalue weighted by Crippen LogP contribution is 2.20. The van der Waals surface area contributed by atoms with Gasteiger partial charge in [-0.1, -0.05) is 13.8 Å². The molecule has 18 heavy (non-hydrogen) atoms. The number of anilines is 2. The molecule has 0 spiro atoms. The zero-order valence-corrected chi connectivity index (χ0v) is 11.7. The third-order valence-electron chi connectivity index (χ3n) is 3.05. The monoisotopic (exact) mass is 252 g/mol. The quantitative estimate of drug-likeness (QED) is 0.694. The van der Waals surface area contributed by atoms with Gasteiger partial charge in [-0.3, -0.25) is 0 Å². The average molecular weight is 252 g/mol. The molecule has 1 atom stereocenters. The molecule has 0 saturated heterocycles. The van der Waals surface area contributed by atoms with E-state index in [9.17, 15) is 5.11 Å². The van der Waals surface area contributed by atoms with E-state index in [-0.39, 0.29) is 12.1 Å². The van der Waals surface area contributed by atoms with Crippen LogP contribution in [0.25, 0.3) is 0 Å². The third kappa shape index (κ3) is 3.84. The molecule has 0 aliphatic heterocycles. The molecule has 5 heteroatoms. The molecule has 1 aromatic rings. The van der Waals surface area contributed by atoms with Crippen molar-refractivity contribution in [3.63, 3.8) is 0 Å². The van der Waals surface area contributed by atoms with Gasteiger partial charge in [0.25, 0.3) is 0 Å². The summed E-state index contributed by atoms with van der Waals surface area (Å²) in [4.78, 5) is 8.68. The lowest BCUT2D eigenvalue weighted by Gasteiger charge is -2.28. The summed E-state index contributed by atoms with van der Waals surface area (Å²) < 4.78 is 0. The van der Waals surface area contributed by atoms with E-state index in [2.05, 4.69) is 27.5 Å². The van der Waals surface area contributed by atoms with E-state index < -0.39 is 0 Å². The standard InChI is InChI=1S/C13H24N4O/c1-5-7-14-12-15-8-10(3)11(16-12)17-13(4,6-2)9-18/h8,18H,5-7,9H2,1-4H3,(H2,14,15,16,17). The summed E-state index contributed by atoms with van der Waals surface area (Å²) >= 11 is 0. The predicted molar refractivity (Wildman–Crippen MR) is 75.0 cm³/mol. The second-order valence-corrected chi connectivity index (χ2v) is 4.85. The van der Waals surface area contributed by atoms with Crippen LogP contribution in [0.4, 0.5) is 11.8 Å². The Morgan fingerprint density at radius 2 is 2.11 bits per heavy atom. The third-order valence-corrected chi connectivity index (χ3v) is 3.05. The van der Waals surface area contributed by atoms with Gasteiger partial charge < -0.3 is 15.7 Å². The molecule has 0 saturated carbocycles. The molecular weight excluding hydrogens is 228 g/mol. The fourth-order valence-corrected chi connectivity index (χ4v) is 1.42. The molecule has 1 heterocycles. The van der Waals surface area contributed by atoms with Crippen LogP contribution in [-0.2, 0) is 0 Å². The van der Waals surface area contributed by atoms with Crippen molar-refractivity contribution < 1.29 is 5.11 Å². The predicted octanol–water partition coefficient (Wildman–Crippen LogP) is 2.18. The Morgan fingerprint density at radius 3 is 2.67 bits per heavy atom. The highest BCUT2D eigenvalue weighted by Gasteiger charge is 2.22. The number of hydrogen-bond acceptors (Lipinski definition) is 5. The molecule has 0 aliphatic carbocycles. The summed E-state index contributed by atoms with van der Waals surface area (Å²) in [5.41, 5.74) is 0.631. The summed E-state index contributed by atoms with van der Waals surface area (Å²) in [7, 11) is 0. The molecule has 3 N–H and O–H groups in total. The Bertz CT molecular complexity index is 377. The van der Waals surface area contributed by atoms with Gasteiger partial charge >= 0.3 is 0 Å². The van der Waals surface area contributed by atoms with Crippen LogP contribution in [-0.4, -0.2) is 33.8 Å². The SMILES string of the molecule is CCCNc1ncc(C)c(NC(C)(CC)CO)n1. The maximum atomic E-state index is 9.43. The number of nitrogens with zero attached hydrogens (tertiary/aromatic N) is 2. The topological polar surface area (TPSA) is 70.1 Å². The van der Waals surface area contributed by atoms with Gasteiger partial charge in [-0.15, -0.1) is 0 Å². The molecule has 0 fully saturated rings. The first-order valence-corrected chi connectivity index (χ1v) is 6.51. The van der Waals surface area contributed by atoms with Crippen molar-refractivity contribution in [3.05, 3.63) is 11.8 Å². The van der Waals surface area contributed by atoms with Gasteiger partial charge in [0.1, 0.15) is 5.82 Å². The minimum atomic E-state index is -0.346. The fraction of sp³-hybridized carbons (Fsp3) is 0.692. The Morgan fingerprint density at radius 1 is 1.39 bits per heavy atom. The van der Waals surface area contributed by atoms with Crippen molar-refractivity contribution in [3.8, 4) is 0 Å². The van der Waals surface area contributed by atoms with Crippen LogP contribution in [0, 0.1) is 6.92 Å². The van der Waals surface area contributed by atoms with E-state index in [1.165, 1.54) is 0 Å². The van der Waals surface area contributed by atoms with Crippen LogP contribution in [0.1, 0.15) is 39.2 Å². The molecule has 0 aromatic carbocycles. The van der Waals surface area contributed by atoms with E-state index in [0.717, 1.165) is 30.8 Å². The maximum absolute atomic E-state index is 9.43. The highest BCUT2D eigenvalue weighted by atomic mass is 16.3. The summed E-state index contributed by atoms with van der Waals surface area (Å²) in [6, 6.07) is 0. The summed E-state index contributed by atoms with van der Waals surface area (Å²) in [6.07, 6.45) is 3.65. The summed E-state index contributed by atoms with van der Waals surface area (Å²) in [5, 5.41) is 15.9. The van der Waals surface area contributed by atoms with Gasteiger partial charge in [-0.05, 0) is 26.7 Å². The van der Waals surface area contributed by atoms with Crippen LogP contribution in [0.15, 0.2) is 6.20 Å². The Hall–Kier alpha value is -1.36. The zero-order chi connectivity index (χ0) is 13.6. The van der Waals surface area contributed by atoms with Gasteiger partial charge in [0.15, 0.2) is 0 Å². The molecule has 0 radical (unpaired) electrons. The van der Waals surface area contributed by atoms with Crippen LogP contribution in [0.5, 0.6) is 0 Å². The second-order valence-electron chi connectivity index (χ2n) is 4.85. The van der Waals surface area contributed by atoms with Gasteiger partial charge in [0.05, 0.1) is 12.1 Å². The lowest BCUT2D eigenvalue weighted by atomic mass is 10.0. The van der Waals surface area contributed by atoms with Crippen LogP contribution in [0.2, 0.25) is 0 Å². The number of aliphatic hydroxyl groups is 1. The number of aryl methyl sites for hydroxylation is 1. The Labute approximate surface area is 109 Å². The molecule has 1 rings (SSSR count). The van der Waals surface area contributed by atoms with Crippen molar-refractivity contribution in [2.24, 2.45) is 0 Å². The van der Waals surface area contributed by atoms with Gasteiger partial charge in [0.2, 0.25) is 5.95 Å².